The first kappa shape index (κ1) is 12.2. The Labute approximate surface area is 109 Å². The molecule has 0 saturated carbocycles. The molecule has 4 heteroatoms. The summed E-state index contributed by atoms with van der Waals surface area (Å²) < 4.78 is 5.43. The van der Waals surface area contributed by atoms with E-state index in [0.717, 1.165) is 19.1 Å². The summed E-state index contributed by atoms with van der Waals surface area (Å²) in [6.07, 6.45) is 5.69. The van der Waals surface area contributed by atoms with E-state index >= 15 is 0 Å². The third-order valence-electron chi connectivity index (χ3n) is 4.41. The molecule has 1 aromatic rings. The lowest BCUT2D eigenvalue weighted by molar-refractivity contribution is 0.0553. The second kappa shape index (κ2) is 5.41. The van der Waals surface area contributed by atoms with Gasteiger partial charge in [-0.2, -0.15) is 5.10 Å². The second-order valence-corrected chi connectivity index (χ2v) is 5.77. The normalized spacial score (nSPS) is 26.8. The zero-order valence-corrected chi connectivity index (χ0v) is 11.2. The molecule has 3 heterocycles. The van der Waals surface area contributed by atoms with E-state index in [1.54, 1.807) is 0 Å². The molecule has 1 atom stereocenters. The van der Waals surface area contributed by atoms with Gasteiger partial charge in [-0.25, -0.2) is 0 Å². The highest BCUT2D eigenvalue weighted by Gasteiger charge is 2.28. The first-order valence-corrected chi connectivity index (χ1v) is 7.13. The Hall–Kier alpha value is -0.870. The maximum atomic E-state index is 5.43. The molecule has 2 fully saturated rings. The van der Waals surface area contributed by atoms with Crippen LogP contribution in [0, 0.1) is 12.8 Å². The van der Waals surface area contributed by atoms with E-state index in [0.29, 0.717) is 5.92 Å². The summed E-state index contributed by atoms with van der Waals surface area (Å²) in [5, 5.41) is 7.32. The molecule has 2 saturated heterocycles. The Morgan fingerprint density at radius 1 is 1.39 bits per heavy atom. The number of nitrogens with zero attached hydrogens (tertiary/aromatic N) is 2. The van der Waals surface area contributed by atoms with Gasteiger partial charge in [0.05, 0.1) is 6.20 Å². The molecule has 1 N–H and O–H groups in total. The molecule has 0 bridgehead atoms. The van der Waals surface area contributed by atoms with Crippen LogP contribution in [0.2, 0.25) is 0 Å². The SMILES string of the molecule is Cc1cn[nH]c1[C@H]1CCN(CC2CCOCC2)C1. The summed E-state index contributed by atoms with van der Waals surface area (Å²) >= 11 is 0. The molecule has 0 spiro atoms. The van der Waals surface area contributed by atoms with Crippen LogP contribution in [0.25, 0.3) is 0 Å². The van der Waals surface area contributed by atoms with Crippen molar-refractivity contribution in [2.75, 3.05) is 32.8 Å². The standard InChI is InChI=1S/C14H23N3O/c1-11-8-15-16-14(11)13-2-5-17(10-13)9-12-3-6-18-7-4-12/h8,12-13H,2-7,9-10H2,1H3,(H,15,16)/t13-/m0/s1. The Balaban J connectivity index is 1.53. The molecule has 2 aliphatic rings. The highest BCUT2D eigenvalue weighted by atomic mass is 16.5. The third-order valence-corrected chi connectivity index (χ3v) is 4.41. The predicted molar refractivity (Wildman–Crippen MR) is 70.7 cm³/mol. The van der Waals surface area contributed by atoms with Crippen molar-refractivity contribution >= 4 is 0 Å². The van der Waals surface area contributed by atoms with Crippen LogP contribution in [0.15, 0.2) is 6.20 Å². The molecule has 18 heavy (non-hydrogen) atoms. The topological polar surface area (TPSA) is 41.2 Å². The maximum absolute atomic E-state index is 5.43. The smallest absolute Gasteiger partial charge is 0.0519 e. The van der Waals surface area contributed by atoms with E-state index in [4.69, 9.17) is 4.74 Å². The number of hydrogen-bond acceptors (Lipinski definition) is 3. The first-order chi connectivity index (χ1) is 8.83. The van der Waals surface area contributed by atoms with Crippen LogP contribution in [0.5, 0.6) is 0 Å². The minimum Gasteiger partial charge on any atom is -0.381 e. The van der Waals surface area contributed by atoms with Gasteiger partial charge >= 0.3 is 0 Å². The minimum absolute atomic E-state index is 0.660. The molecule has 3 rings (SSSR count). The van der Waals surface area contributed by atoms with Gasteiger partial charge in [0, 0.05) is 37.9 Å². The third kappa shape index (κ3) is 2.59. The molecule has 0 radical (unpaired) electrons. The van der Waals surface area contributed by atoms with Crippen molar-refractivity contribution in [3.8, 4) is 0 Å². The monoisotopic (exact) mass is 249 g/mol. The second-order valence-electron chi connectivity index (χ2n) is 5.77. The zero-order valence-electron chi connectivity index (χ0n) is 11.2. The fourth-order valence-corrected chi connectivity index (χ4v) is 3.30. The molecule has 100 valence electrons. The number of ether oxygens (including phenoxy) is 1. The average Bonchev–Trinajstić information content (AvgIpc) is 2.99. The Morgan fingerprint density at radius 2 is 2.22 bits per heavy atom. The van der Waals surface area contributed by atoms with Crippen LogP contribution in [-0.4, -0.2) is 47.9 Å². The maximum Gasteiger partial charge on any atom is 0.0519 e. The van der Waals surface area contributed by atoms with Crippen molar-refractivity contribution in [3.63, 3.8) is 0 Å². The summed E-state index contributed by atoms with van der Waals surface area (Å²) in [5.41, 5.74) is 2.66. The molecular weight excluding hydrogens is 226 g/mol. The van der Waals surface area contributed by atoms with Crippen LogP contribution in [0.1, 0.15) is 36.4 Å². The summed E-state index contributed by atoms with van der Waals surface area (Å²) in [5.74, 6) is 1.51. The number of aryl methyl sites for hydroxylation is 1. The fourth-order valence-electron chi connectivity index (χ4n) is 3.30. The quantitative estimate of drug-likeness (QED) is 0.890. The summed E-state index contributed by atoms with van der Waals surface area (Å²) in [4.78, 5) is 2.63. The van der Waals surface area contributed by atoms with Gasteiger partial charge in [0.15, 0.2) is 0 Å². The Kier molecular flexibility index (Phi) is 3.66. The van der Waals surface area contributed by atoms with Gasteiger partial charge in [-0.3, -0.25) is 5.10 Å². The minimum atomic E-state index is 0.660. The predicted octanol–water partition coefficient (Wildman–Crippen LogP) is 1.93. The lowest BCUT2D eigenvalue weighted by atomic mass is 9.99. The van der Waals surface area contributed by atoms with Crippen molar-refractivity contribution in [1.82, 2.24) is 15.1 Å². The molecule has 4 nitrogen and oxygen atoms in total. The number of H-pyrrole nitrogens is 1. The summed E-state index contributed by atoms with van der Waals surface area (Å²) in [6.45, 7) is 7.76. The van der Waals surface area contributed by atoms with E-state index in [1.165, 1.54) is 50.2 Å². The number of rotatable bonds is 3. The van der Waals surface area contributed by atoms with Gasteiger partial charge in [0.25, 0.3) is 0 Å². The fraction of sp³-hybridized carbons (Fsp3) is 0.786. The number of hydrogen-bond donors (Lipinski definition) is 1. The number of aromatic nitrogens is 2. The molecule has 0 unspecified atom stereocenters. The lowest BCUT2D eigenvalue weighted by Crippen LogP contribution is -2.30. The average molecular weight is 249 g/mol. The molecule has 0 aromatic carbocycles. The van der Waals surface area contributed by atoms with Crippen LogP contribution in [0.4, 0.5) is 0 Å². The van der Waals surface area contributed by atoms with Gasteiger partial charge in [-0.05, 0) is 44.2 Å². The first-order valence-electron chi connectivity index (χ1n) is 7.13. The number of nitrogens with one attached hydrogen (secondary N) is 1. The molecule has 0 aliphatic carbocycles. The molecule has 1 aromatic heterocycles. The van der Waals surface area contributed by atoms with Gasteiger partial charge in [0.1, 0.15) is 0 Å². The van der Waals surface area contributed by atoms with Gasteiger partial charge < -0.3 is 9.64 Å². The lowest BCUT2D eigenvalue weighted by Gasteiger charge is -2.26. The van der Waals surface area contributed by atoms with Gasteiger partial charge in [-0.1, -0.05) is 0 Å². The van der Waals surface area contributed by atoms with Crippen molar-refractivity contribution in [1.29, 1.82) is 0 Å². The van der Waals surface area contributed by atoms with E-state index in [-0.39, 0.29) is 0 Å². The van der Waals surface area contributed by atoms with E-state index in [1.807, 2.05) is 6.20 Å². The Bertz CT molecular complexity index is 384. The zero-order chi connectivity index (χ0) is 12.4. The highest BCUT2D eigenvalue weighted by Crippen LogP contribution is 2.29. The molecular formula is C14H23N3O. The summed E-state index contributed by atoms with van der Waals surface area (Å²) in [6, 6.07) is 0. The number of likely N-dealkylation sites (tertiary alicyclic amines) is 1. The molecule has 2 aliphatic heterocycles. The van der Waals surface area contributed by atoms with Crippen molar-refractivity contribution in [2.45, 2.75) is 32.1 Å². The van der Waals surface area contributed by atoms with Crippen LogP contribution in [0.3, 0.4) is 0 Å². The highest BCUT2D eigenvalue weighted by molar-refractivity contribution is 5.20. The molecule has 0 amide bonds. The largest absolute Gasteiger partial charge is 0.381 e. The van der Waals surface area contributed by atoms with E-state index < -0.39 is 0 Å². The van der Waals surface area contributed by atoms with Gasteiger partial charge in [-0.15, -0.1) is 0 Å². The van der Waals surface area contributed by atoms with Crippen LogP contribution < -0.4 is 0 Å². The van der Waals surface area contributed by atoms with Crippen molar-refractivity contribution in [3.05, 3.63) is 17.5 Å². The van der Waals surface area contributed by atoms with E-state index in [2.05, 4.69) is 22.0 Å². The number of aromatic amines is 1. The van der Waals surface area contributed by atoms with Gasteiger partial charge in [0.2, 0.25) is 0 Å². The Morgan fingerprint density at radius 3 is 2.94 bits per heavy atom. The van der Waals surface area contributed by atoms with Crippen LogP contribution >= 0.6 is 0 Å². The van der Waals surface area contributed by atoms with E-state index in [9.17, 15) is 0 Å². The van der Waals surface area contributed by atoms with Crippen molar-refractivity contribution < 1.29 is 4.74 Å². The summed E-state index contributed by atoms with van der Waals surface area (Å²) in [7, 11) is 0. The van der Waals surface area contributed by atoms with Crippen LogP contribution in [-0.2, 0) is 4.74 Å². The van der Waals surface area contributed by atoms with Crippen molar-refractivity contribution in [2.24, 2.45) is 5.92 Å².